The fourth-order valence-corrected chi connectivity index (χ4v) is 8.51. The van der Waals surface area contributed by atoms with E-state index < -0.39 is 54.9 Å². The molecule has 0 amide bonds. The number of hydroxylamine groups is 1. The summed E-state index contributed by atoms with van der Waals surface area (Å²) in [6.07, 6.45) is -2.87. The monoisotopic (exact) mass is 688 g/mol. The smallest absolute Gasteiger partial charge is 0.417 e. The van der Waals surface area contributed by atoms with E-state index in [0.29, 0.717) is 11.9 Å². The van der Waals surface area contributed by atoms with Crippen molar-refractivity contribution in [3.63, 3.8) is 0 Å². The Morgan fingerprint density at radius 2 is 1.88 bits per heavy atom. The zero-order valence-electron chi connectivity index (χ0n) is 21.4. The molecule has 2 aliphatic rings. The number of alkyl halides is 3. The molecule has 0 radical (unpaired) electrons. The van der Waals surface area contributed by atoms with Crippen LogP contribution in [0.1, 0.15) is 31.4 Å². The minimum atomic E-state index is -4.50. The summed E-state index contributed by atoms with van der Waals surface area (Å²) in [5, 5.41) is 27.3. The maximum absolute atomic E-state index is 13.4. The van der Waals surface area contributed by atoms with E-state index in [0.717, 1.165) is 34.6 Å². The number of aliphatic hydroxyl groups excluding tert-OH is 1. The summed E-state index contributed by atoms with van der Waals surface area (Å²) in [4.78, 5) is 6.97. The molecule has 2 aliphatic heterocycles. The molecule has 0 saturated carbocycles. The SMILES string of the molecule is CC1=C(c2ccc(S(=O)(=O)N3CC[C@@H](Nc4ccc(C(F)(F)F)cn4)[C@@H](O)C3)cc2)C(C)=c2cc[nH]c2=IN1[O-]. The number of allylic oxidation sites excluding steroid dienone is 2. The number of aliphatic hydroxyl groups is 1. The molecular weight excluding hydrogens is 662 g/mol. The van der Waals surface area contributed by atoms with Crippen LogP contribution < -0.4 is 10.5 Å². The number of piperidine rings is 1. The lowest BCUT2D eigenvalue weighted by Gasteiger charge is -2.35. The Bertz CT molecular complexity index is 1670. The Kier molecular flexibility index (Phi) is 7.82. The number of sulfonamides is 1. The van der Waals surface area contributed by atoms with Gasteiger partial charge in [0.2, 0.25) is 10.0 Å². The summed E-state index contributed by atoms with van der Waals surface area (Å²) in [7, 11) is -3.94. The molecule has 2 atom stereocenters. The molecule has 9 nitrogen and oxygen atoms in total. The lowest BCUT2D eigenvalue weighted by Crippen LogP contribution is -2.51. The number of fused-ring (bicyclic) bond motifs is 1. The average molecular weight is 688 g/mol. The molecule has 0 unspecified atom stereocenters. The predicted octanol–water partition coefficient (Wildman–Crippen LogP) is 4.22. The van der Waals surface area contributed by atoms with E-state index in [1.807, 2.05) is 19.2 Å². The van der Waals surface area contributed by atoms with Crippen LogP contribution in [0.3, 0.4) is 0 Å². The maximum atomic E-state index is 13.4. The molecule has 214 valence electrons. The average Bonchev–Trinajstić information content (AvgIpc) is 3.35. The zero-order valence-corrected chi connectivity index (χ0v) is 24.4. The fraction of sp³-hybridized carbons (Fsp3) is 0.308. The summed E-state index contributed by atoms with van der Waals surface area (Å²) >= 11 is -0.947. The van der Waals surface area contributed by atoms with Crippen molar-refractivity contribution >= 4 is 48.0 Å². The molecule has 0 bridgehead atoms. The van der Waals surface area contributed by atoms with Gasteiger partial charge in [-0.2, -0.15) is 17.5 Å². The van der Waals surface area contributed by atoms with Crippen molar-refractivity contribution < 1.29 is 26.7 Å². The van der Waals surface area contributed by atoms with Crippen LogP contribution in [-0.4, -0.2) is 56.3 Å². The van der Waals surface area contributed by atoms with Gasteiger partial charge in [-0.05, 0) is 61.7 Å². The van der Waals surface area contributed by atoms with Gasteiger partial charge in [-0.1, -0.05) is 12.1 Å². The number of aromatic amines is 1. The van der Waals surface area contributed by atoms with Gasteiger partial charge in [0.15, 0.2) is 0 Å². The van der Waals surface area contributed by atoms with Crippen LogP contribution in [0.15, 0.2) is 65.5 Å². The fourth-order valence-electron chi connectivity index (χ4n) is 4.84. The van der Waals surface area contributed by atoms with Crippen molar-refractivity contribution in [2.75, 3.05) is 18.4 Å². The number of benzene rings is 1. The van der Waals surface area contributed by atoms with Crippen LogP contribution in [-0.2, 0) is 16.2 Å². The normalized spacial score (nSPS) is 20.9. The quantitative estimate of drug-likeness (QED) is 0.271. The Morgan fingerprint density at radius 3 is 2.50 bits per heavy atom. The summed E-state index contributed by atoms with van der Waals surface area (Å²) in [6.45, 7) is 3.62. The first-order chi connectivity index (χ1) is 18.9. The summed E-state index contributed by atoms with van der Waals surface area (Å²) in [6, 6.07) is 9.77. The van der Waals surface area contributed by atoms with E-state index in [1.165, 1.54) is 22.5 Å². The minimum Gasteiger partial charge on any atom is -0.750 e. The first kappa shape index (κ1) is 28.7. The molecule has 1 saturated heterocycles. The van der Waals surface area contributed by atoms with Gasteiger partial charge >= 0.3 is 6.18 Å². The van der Waals surface area contributed by atoms with Crippen molar-refractivity contribution in [2.24, 2.45) is 0 Å². The highest BCUT2D eigenvalue weighted by atomic mass is 127. The molecule has 3 N–H and O–H groups in total. The second-order valence-electron chi connectivity index (χ2n) is 9.54. The molecule has 2 aromatic heterocycles. The van der Waals surface area contributed by atoms with E-state index >= 15 is 0 Å². The van der Waals surface area contributed by atoms with Crippen LogP contribution >= 0.6 is 21.0 Å². The molecule has 0 spiro atoms. The second kappa shape index (κ2) is 10.9. The number of pyridine rings is 1. The number of hydrogen-bond donors (Lipinski definition) is 3. The Balaban J connectivity index is 1.31. The standard InChI is InChI=1S/C26H26F3IN5O4S/c1-15-20-9-11-31-25(20)30-35(37)16(2)24(15)17-3-6-19(7-4-17)40(38,39)34-12-10-21(22(36)14-34)33-23-8-5-18(13-32-23)26(27,28)29/h3-9,11,13,21-22,31,36H,10,12,14H2,1-2H3,(H,32,33)/q-1/t21-,22+/m1/s1. The highest BCUT2D eigenvalue weighted by Gasteiger charge is 2.35. The molecule has 14 heteroatoms. The van der Waals surface area contributed by atoms with Crippen LogP contribution in [0, 0.1) is 8.49 Å². The number of anilines is 1. The number of H-pyrrole nitrogens is 1. The first-order valence-corrected chi connectivity index (χ1v) is 15.8. The number of β-amino-alcohol motifs (C(OH)–C–C–N with tert-alkyl or cyclic N) is 1. The van der Waals surface area contributed by atoms with Crippen LogP contribution in [0.4, 0.5) is 19.0 Å². The van der Waals surface area contributed by atoms with Crippen LogP contribution in [0.25, 0.3) is 11.1 Å². The Labute approximate surface area is 238 Å². The third-order valence-electron chi connectivity index (χ3n) is 7.01. The predicted molar refractivity (Wildman–Crippen MR) is 153 cm³/mol. The highest BCUT2D eigenvalue weighted by Crippen LogP contribution is 2.34. The van der Waals surface area contributed by atoms with Gasteiger partial charge in [-0.15, -0.1) is 0 Å². The molecule has 3 aromatic rings. The second-order valence-corrected chi connectivity index (χ2v) is 13.9. The molecular formula is C26H26F3IN5O4S-. The van der Waals surface area contributed by atoms with E-state index in [-0.39, 0.29) is 30.2 Å². The summed E-state index contributed by atoms with van der Waals surface area (Å²) < 4.78 is 68.2. The van der Waals surface area contributed by atoms with E-state index in [9.17, 15) is 31.9 Å². The summed E-state index contributed by atoms with van der Waals surface area (Å²) in [5.74, 6) is 0.157. The van der Waals surface area contributed by atoms with Gasteiger partial charge in [0.05, 0.1) is 25.9 Å². The largest absolute Gasteiger partial charge is 0.750 e. The van der Waals surface area contributed by atoms with Crippen molar-refractivity contribution in [1.29, 1.82) is 0 Å². The van der Waals surface area contributed by atoms with E-state index in [2.05, 4.69) is 15.3 Å². The van der Waals surface area contributed by atoms with Gasteiger partial charge in [0.1, 0.15) is 5.82 Å². The molecule has 1 aromatic carbocycles. The van der Waals surface area contributed by atoms with Crippen molar-refractivity contribution in [2.45, 2.75) is 43.5 Å². The van der Waals surface area contributed by atoms with Crippen molar-refractivity contribution in [3.8, 4) is 0 Å². The Morgan fingerprint density at radius 1 is 1.15 bits per heavy atom. The van der Waals surface area contributed by atoms with Gasteiger partial charge in [0.25, 0.3) is 0 Å². The molecule has 0 aliphatic carbocycles. The first-order valence-electron chi connectivity index (χ1n) is 12.3. The number of nitrogens with zero attached hydrogens (tertiary/aromatic N) is 3. The third-order valence-corrected chi connectivity index (χ3v) is 11.4. The van der Waals surface area contributed by atoms with Gasteiger partial charge in [-0.25, -0.2) is 13.4 Å². The van der Waals surface area contributed by atoms with Crippen LogP contribution in [0.5, 0.6) is 0 Å². The highest BCUT2D eigenvalue weighted by molar-refractivity contribution is 14.1. The van der Waals surface area contributed by atoms with Crippen molar-refractivity contribution in [1.82, 2.24) is 17.5 Å². The van der Waals surface area contributed by atoms with Crippen molar-refractivity contribution in [3.05, 3.63) is 85.4 Å². The van der Waals surface area contributed by atoms with E-state index in [1.54, 1.807) is 19.1 Å². The van der Waals surface area contributed by atoms with Gasteiger partial charge in [0, 0.05) is 63.0 Å². The van der Waals surface area contributed by atoms with Gasteiger partial charge < -0.3 is 23.9 Å². The molecule has 40 heavy (non-hydrogen) atoms. The lowest BCUT2D eigenvalue weighted by atomic mass is 9.96. The van der Waals surface area contributed by atoms with E-state index in [4.69, 9.17) is 0 Å². The third kappa shape index (κ3) is 5.54. The molecule has 1 fully saturated rings. The van der Waals surface area contributed by atoms with Crippen LogP contribution in [0.2, 0.25) is 0 Å². The number of aromatic nitrogens is 2. The maximum Gasteiger partial charge on any atom is 0.417 e. The minimum absolute atomic E-state index is 0.0533. The number of hydrogen-bond acceptors (Lipinski definition) is 7. The topological polar surface area (TPSA) is 125 Å². The number of halogens is 4. The van der Waals surface area contributed by atoms with Gasteiger partial charge in [-0.3, -0.25) is 0 Å². The number of rotatable bonds is 5. The molecule has 5 rings (SSSR count). The molecule has 4 heterocycles. The Hall–Kier alpha value is -2.79. The number of nitrogens with one attached hydrogen (secondary N) is 2. The lowest BCUT2D eigenvalue weighted by molar-refractivity contribution is -0.137. The zero-order chi connectivity index (χ0) is 28.8. The summed E-state index contributed by atoms with van der Waals surface area (Å²) in [5.41, 5.74) is 2.11.